The van der Waals surface area contributed by atoms with Gasteiger partial charge in [0, 0.05) is 11.8 Å². The highest BCUT2D eigenvalue weighted by Crippen LogP contribution is 2.34. The number of alkyl halides is 2. The van der Waals surface area contributed by atoms with Crippen LogP contribution in [0.25, 0.3) is 0 Å². The molecule has 0 aromatic heterocycles. The number of hydrogen-bond acceptors (Lipinski definition) is 6. The summed E-state index contributed by atoms with van der Waals surface area (Å²) in [5, 5.41) is 6.29. The Balaban J connectivity index is 1.44. The van der Waals surface area contributed by atoms with Crippen LogP contribution in [-0.4, -0.2) is 32.1 Å². The summed E-state index contributed by atoms with van der Waals surface area (Å²) >= 11 is 0. The van der Waals surface area contributed by atoms with Crippen LogP contribution < -0.4 is 19.5 Å². The second-order valence-electron chi connectivity index (χ2n) is 5.07. The van der Waals surface area contributed by atoms with Gasteiger partial charge in [0.15, 0.2) is 18.1 Å². The molecule has 26 heavy (non-hydrogen) atoms. The van der Waals surface area contributed by atoms with Crippen LogP contribution in [0, 0.1) is 0 Å². The van der Waals surface area contributed by atoms with E-state index in [0.717, 1.165) is 0 Å². The minimum absolute atomic E-state index is 0.0428. The second-order valence-corrected chi connectivity index (χ2v) is 5.07. The molecule has 9 heteroatoms. The minimum Gasteiger partial charge on any atom is -0.454 e. The number of nitrogens with zero attached hydrogens (tertiary/aromatic N) is 1. The number of rotatable bonds is 7. The highest BCUT2D eigenvalue weighted by Gasteiger charge is 2.14. The highest BCUT2D eigenvalue weighted by atomic mass is 19.3. The van der Waals surface area contributed by atoms with Gasteiger partial charge in [-0.1, -0.05) is 5.16 Å². The fourth-order valence-corrected chi connectivity index (χ4v) is 2.10. The van der Waals surface area contributed by atoms with E-state index in [-0.39, 0.29) is 19.1 Å². The first-order valence-electron chi connectivity index (χ1n) is 7.50. The Morgan fingerprint density at radius 1 is 1.19 bits per heavy atom. The number of benzene rings is 2. The van der Waals surface area contributed by atoms with Gasteiger partial charge >= 0.3 is 6.61 Å². The Kier molecular flexibility index (Phi) is 5.47. The van der Waals surface area contributed by atoms with Crippen molar-refractivity contribution in [3.05, 3.63) is 48.0 Å². The Hall–Kier alpha value is -3.36. The first-order valence-corrected chi connectivity index (χ1v) is 7.50. The van der Waals surface area contributed by atoms with Crippen LogP contribution in [0.4, 0.5) is 14.5 Å². The molecule has 0 aliphatic carbocycles. The molecule has 0 saturated carbocycles. The van der Waals surface area contributed by atoms with Gasteiger partial charge in [-0.2, -0.15) is 8.78 Å². The number of hydrogen-bond donors (Lipinski definition) is 1. The molecular formula is C17H14F2N2O5. The second kappa shape index (κ2) is 8.15. The van der Waals surface area contributed by atoms with Crippen LogP contribution in [0.1, 0.15) is 5.56 Å². The van der Waals surface area contributed by atoms with Crippen molar-refractivity contribution >= 4 is 17.8 Å². The van der Waals surface area contributed by atoms with Gasteiger partial charge < -0.3 is 24.4 Å². The maximum Gasteiger partial charge on any atom is 0.387 e. The fraction of sp³-hybridized carbons (Fsp3) is 0.176. The molecule has 7 nitrogen and oxygen atoms in total. The highest BCUT2D eigenvalue weighted by molar-refractivity contribution is 5.92. The summed E-state index contributed by atoms with van der Waals surface area (Å²) in [6.45, 7) is -3.02. The summed E-state index contributed by atoms with van der Waals surface area (Å²) in [6.07, 6.45) is 1.35. The van der Waals surface area contributed by atoms with Crippen LogP contribution >= 0.6 is 0 Å². The van der Waals surface area contributed by atoms with Crippen molar-refractivity contribution in [3.63, 3.8) is 0 Å². The lowest BCUT2D eigenvalue weighted by molar-refractivity contribution is -0.120. The zero-order valence-electron chi connectivity index (χ0n) is 13.4. The summed E-state index contributed by atoms with van der Waals surface area (Å²) in [5.41, 5.74) is 1.14. The predicted molar refractivity (Wildman–Crippen MR) is 87.8 cm³/mol. The summed E-state index contributed by atoms with van der Waals surface area (Å²) in [6, 6.07) is 10.8. The van der Waals surface area contributed by atoms with Crippen molar-refractivity contribution in [2.75, 3.05) is 18.7 Å². The van der Waals surface area contributed by atoms with Crippen LogP contribution in [0.5, 0.6) is 17.2 Å². The lowest BCUT2D eigenvalue weighted by atomic mass is 10.2. The number of carbonyl (C=O) groups is 1. The van der Waals surface area contributed by atoms with Gasteiger partial charge in [0.05, 0.1) is 6.21 Å². The molecule has 136 valence electrons. The van der Waals surface area contributed by atoms with E-state index < -0.39 is 12.5 Å². The number of halogens is 2. The molecule has 2 aromatic rings. The standard InChI is InChI=1S/C17H14F2N2O5/c18-17(19)26-13-4-1-11(2-5-13)8-20-25-9-16(22)21-12-3-6-14-15(7-12)24-10-23-14/h1-8,17H,9-10H2,(H,21,22)/b20-8-. The Morgan fingerprint density at radius 2 is 1.96 bits per heavy atom. The number of anilines is 1. The van der Waals surface area contributed by atoms with Crippen molar-refractivity contribution < 1.29 is 32.6 Å². The predicted octanol–water partition coefficient (Wildman–Crippen LogP) is 3.01. The van der Waals surface area contributed by atoms with E-state index in [9.17, 15) is 13.6 Å². The fourth-order valence-electron chi connectivity index (χ4n) is 2.10. The average molecular weight is 364 g/mol. The summed E-state index contributed by atoms with van der Waals surface area (Å²) in [4.78, 5) is 16.7. The molecule has 0 spiro atoms. The monoisotopic (exact) mass is 364 g/mol. The van der Waals surface area contributed by atoms with Crippen LogP contribution in [0.3, 0.4) is 0 Å². The molecule has 1 aliphatic rings. The van der Waals surface area contributed by atoms with Gasteiger partial charge in [-0.25, -0.2) is 0 Å². The molecule has 0 radical (unpaired) electrons. The molecule has 0 atom stereocenters. The smallest absolute Gasteiger partial charge is 0.387 e. The molecule has 2 aromatic carbocycles. The lowest BCUT2D eigenvalue weighted by Gasteiger charge is -2.05. The maximum atomic E-state index is 12.0. The lowest BCUT2D eigenvalue weighted by Crippen LogP contribution is -2.16. The zero-order chi connectivity index (χ0) is 18.4. The maximum absolute atomic E-state index is 12.0. The van der Waals surface area contributed by atoms with E-state index in [4.69, 9.17) is 14.3 Å². The van der Waals surface area contributed by atoms with Gasteiger partial charge in [0.2, 0.25) is 6.79 Å². The molecule has 1 amide bonds. The van der Waals surface area contributed by atoms with Gasteiger partial charge in [-0.3, -0.25) is 4.79 Å². The summed E-state index contributed by atoms with van der Waals surface area (Å²) in [7, 11) is 0. The number of oxime groups is 1. The molecule has 0 unspecified atom stereocenters. The zero-order valence-corrected chi connectivity index (χ0v) is 13.4. The SMILES string of the molecule is O=C(CO/N=C\c1ccc(OC(F)F)cc1)Nc1ccc2c(c1)OCO2. The van der Waals surface area contributed by atoms with E-state index in [2.05, 4.69) is 15.2 Å². The quantitative estimate of drug-likeness (QED) is 0.604. The Labute approximate surface area is 147 Å². The van der Waals surface area contributed by atoms with E-state index in [1.807, 2.05) is 0 Å². The van der Waals surface area contributed by atoms with Crippen molar-refractivity contribution in [1.82, 2.24) is 0 Å². The van der Waals surface area contributed by atoms with E-state index in [1.54, 1.807) is 18.2 Å². The van der Waals surface area contributed by atoms with Crippen molar-refractivity contribution in [2.24, 2.45) is 5.16 Å². The number of carbonyl (C=O) groups excluding carboxylic acids is 1. The van der Waals surface area contributed by atoms with Crippen molar-refractivity contribution in [1.29, 1.82) is 0 Å². The van der Waals surface area contributed by atoms with E-state index in [0.29, 0.717) is 22.7 Å². The number of nitrogens with one attached hydrogen (secondary N) is 1. The number of fused-ring (bicyclic) bond motifs is 1. The van der Waals surface area contributed by atoms with E-state index in [1.165, 1.54) is 30.5 Å². The topological polar surface area (TPSA) is 78.4 Å². The number of amides is 1. The van der Waals surface area contributed by atoms with Gasteiger partial charge in [-0.05, 0) is 42.0 Å². The molecule has 3 rings (SSSR count). The largest absolute Gasteiger partial charge is 0.454 e. The van der Waals surface area contributed by atoms with Crippen molar-refractivity contribution in [2.45, 2.75) is 6.61 Å². The third-order valence-electron chi connectivity index (χ3n) is 3.23. The third kappa shape index (κ3) is 4.82. The van der Waals surface area contributed by atoms with E-state index >= 15 is 0 Å². The molecule has 1 aliphatic heterocycles. The first kappa shape index (κ1) is 17.5. The average Bonchev–Trinajstić information content (AvgIpc) is 3.07. The Morgan fingerprint density at radius 3 is 2.73 bits per heavy atom. The molecule has 0 bridgehead atoms. The van der Waals surface area contributed by atoms with Crippen molar-refractivity contribution in [3.8, 4) is 17.2 Å². The van der Waals surface area contributed by atoms with Crippen LogP contribution in [0.15, 0.2) is 47.6 Å². The number of ether oxygens (including phenoxy) is 3. The van der Waals surface area contributed by atoms with Gasteiger partial charge in [-0.15, -0.1) is 0 Å². The normalized spacial score (nSPS) is 12.4. The van der Waals surface area contributed by atoms with Gasteiger partial charge in [0.25, 0.3) is 5.91 Å². The van der Waals surface area contributed by atoms with Crippen LogP contribution in [0.2, 0.25) is 0 Å². The van der Waals surface area contributed by atoms with Crippen LogP contribution in [-0.2, 0) is 9.63 Å². The molecule has 0 saturated heterocycles. The molecule has 1 N–H and O–H groups in total. The first-order chi connectivity index (χ1) is 12.6. The molecule has 1 heterocycles. The summed E-state index contributed by atoms with van der Waals surface area (Å²) < 4.78 is 38.7. The summed E-state index contributed by atoms with van der Waals surface area (Å²) in [5.74, 6) is 0.817. The third-order valence-corrected chi connectivity index (χ3v) is 3.23. The minimum atomic E-state index is -2.87. The van der Waals surface area contributed by atoms with Gasteiger partial charge in [0.1, 0.15) is 5.75 Å². The molecule has 0 fully saturated rings. The molecular weight excluding hydrogens is 350 g/mol. The Bertz CT molecular complexity index is 796.